The van der Waals surface area contributed by atoms with Crippen LogP contribution in [0.2, 0.25) is 0 Å². The maximum Gasteiger partial charge on any atom is 0.239 e. The van der Waals surface area contributed by atoms with Gasteiger partial charge < -0.3 is 4.90 Å². The van der Waals surface area contributed by atoms with Crippen molar-refractivity contribution in [3.05, 3.63) is 41.0 Å². The molecule has 24 heavy (non-hydrogen) atoms. The zero-order valence-corrected chi connectivity index (χ0v) is 14.6. The summed E-state index contributed by atoms with van der Waals surface area (Å²) in [5.41, 5.74) is 8.40. The second-order valence-electron chi connectivity index (χ2n) is 7.29. The number of anilines is 1. The third-order valence-electron chi connectivity index (χ3n) is 5.73. The molecule has 5 rings (SSSR count). The van der Waals surface area contributed by atoms with Crippen molar-refractivity contribution in [1.82, 2.24) is 5.10 Å². The molecule has 122 valence electrons. The third-order valence-corrected chi connectivity index (χ3v) is 5.73. The molecule has 2 aliphatic heterocycles. The molecule has 0 bridgehead atoms. The van der Waals surface area contributed by atoms with E-state index in [1.54, 1.807) is 11.3 Å². The standard InChI is InChI=1S/C21H24N3/c1-3-24-19-9-8-14(2)12-17(19)20-16-7-5-11-23-10-4-6-15(21(16)23)13-18(20)22-24/h8-9,12-13H,3-7,10-11H2,1-2H3/q+1. The maximum absolute atomic E-state index is 5.02. The zero-order valence-electron chi connectivity index (χ0n) is 14.6. The van der Waals surface area contributed by atoms with Gasteiger partial charge in [-0.3, -0.25) is 0 Å². The topological polar surface area (TPSA) is 20.0 Å². The summed E-state index contributed by atoms with van der Waals surface area (Å²) in [6, 6.07) is 9.18. The maximum atomic E-state index is 5.02. The van der Waals surface area contributed by atoms with E-state index < -0.39 is 0 Å². The van der Waals surface area contributed by atoms with Gasteiger partial charge in [-0.1, -0.05) is 16.3 Å². The van der Waals surface area contributed by atoms with Gasteiger partial charge in [0.15, 0.2) is 6.54 Å². The Kier molecular flexibility index (Phi) is 3.06. The summed E-state index contributed by atoms with van der Waals surface area (Å²) in [5, 5.41) is 7.80. The van der Waals surface area contributed by atoms with Gasteiger partial charge in [-0.15, -0.1) is 0 Å². The van der Waals surface area contributed by atoms with Crippen LogP contribution in [0.1, 0.15) is 36.5 Å². The lowest BCUT2D eigenvalue weighted by molar-refractivity contribution is -0.724. The lowest BCUT2D eigenvalue weighted by Gasteiger charge is -2.37. The average molecular weight is 318 g/mol. The molecule has 0 saturated carbocycles. The van der Waals surface area contributed by atoms with E-state index >= 15 is 0 Å². The Morgan fingerprint density at radius 3 is 2.79 bits per heavy atom. The van der Waals surface area contributed by atoms with E-state index in [1.807, 2.05) is 0 Å². The number of hydrogen-bond donors (Lipinski definition) is 0. The molecule has 0 amide bonds. The molecule has 2 aliphatic rings. The van der Waals surface area contributed by atoms with E-state index in [0.717, 1.165) is 6.54 Å². The van der Waals surface area contributed by atoms with Crippen molar-refractivity contribution in [1.29, 1.82) is 0 Å². The summed E-state index contributed by atoms with van der Waals surface area (Å²) in [5.74, 6) is 0. The zero-order chi connectivity index (χ0) is 16.3. The highest BCUT2D eigenvalue weighted by atomic mass is 15.3. The number of aryl methyl sites for hydroxylation is 4. The van der Waals surface area contributed by atoms with Crippen LogP contribution in [-0.4, -0.2) is 18.2 Å². The van der Waals surface area contributed by atoms with Crippen molar-refractivity contribution in [2.45, 2.75) is 46.1 Å². The predicted molar refractivity (Wildman–Crippen MR) is 98.7 cm³/mol. The average Bonchev–Trinajstić information content (AvgIpc) is 2.61. The van der Waals surface area contributed by atoms with Gasteiger partial charge in [-0.2, -0.15) is 0 Å². The van der Waals surface area contributed by atoms with Crippen molar-refractivity contribution in [2.75, 3.05) is 18.0 Å². The molecule has 0 atom stereocenters. The van der Waals surface area contributed by atoms with Crippen molar-refractivity contribution in [3.63, 3.8) is 0 Å². The van der Waals surface area contributed by atoms with E-state index in [9.17, 15) is 0 Å². The fourth-order valence-electron chi connectivity index (χ4n) is 4.72. The van der Waals surface area contributed by atoms with Crippen LogP contribution in [-0.2, 0) is 19.4 Å². The van der Waals surface area contributed by atoms with E-state index in [4.69, 9.17) is 5.10 Å². The van der Waals surface area contributed by atoms with Crippen molar-refractivity contribution < 1.29 is 4.68 Å². The molecule has 3 heteroatoms. The first kappa shape index (κ1) is 14.2. The van der Waals surface area contributed by atoms with Crippen LogP contribution in [0.5, 0.6) is 0 Å². The van der Waals surface area contributed by atoms with Gasteiger partial charge >= 0.3 is 0 Å². The molecule has 0 aliphatic carbocycles. The highest BCUT2D eigenvalue weighted by Crippen LogP contribution is 2.41. The Morgan fingerprint density at radius 2 is 1.96 bits per heavy atom. The normalized spacial score (nSPS) is 16.7. The van der Waals surface area contributed by atoms with E-state index in [-0.39, 0.29) is 0 Å². The lowest BCUT2D eigenvalue weighted by Crippen LogP contribution is -2.38. The molecular weight excluding hydrogens is 294 g/mol. The fraction of sp³-hybridized carbons (Fsp3) is 0.429. The second kappa shape index (κ2) is 5.17. The van der Waals surface area contributed by atoms with Gasteiger partial charge in [-0.25, -0.2) is 0 Å². The lowest BCUT2D eigenvalue weighted by atomic mass is 9.88. The van der Waals surface area contributed by atoms with Gasteiger partial charge in [0.05, 0.1) is 5.39 Å². The summed E-state index contributed by atoms with van der Waals surface area (Å²) in [6.07, 6.45) is 4.94. The fourth-order valence-corrected chi connectivity index (χ4v) is 4.72. The van der Waals surface area contributed by atoms with Gasteiger partial charge in [0.2, 0.25) is 5.52 Å². The van der Waals surface area contributed by atoms with Crippen LogP contribution >= 0.6 is 0 Å². The summed E-state index contributed by atoms with van der Waals surface area (Å²) in [7, 11) is 0. The van der Waals surface area contributed by atoms with E-state index in [0.29, 0.717) is 0 Å². The molecule has 0 fully saturated rings. The van der Waals surface area contributed by atoms with Crippen molar-refractivity contribution in [3.8, 4) is 0 Å². The van der Waals surface area contributed by atoms with Crippen molar-refractivity contribution >= 4 is 27.5 Å². The van der Waals surface area contributed by atoms with Crippen LogP contribution in [0, 0.1) is 6.92 Å². The highest BCUT2D eigenvalue weighted by molar-refractivity contribution is 6.07. The minimum atomic E-state index is 0.911. The smallest absolute Gasteiger partial charge is 0.239 e. The molecule has 1 aromatic heterocycles. The molecule has 0 spiro atoms. The Hall–Kier alpha value is -2.16. The van der Waals surface area contributed by atoms with Gasteiger partial charge in [0.1, 0.15) is 5.52 Å². The third kappa shape index (κ3) is 1.90. The number of benzene rings is 2. The first-order valence-corrected chi connectivity index (χ1v) is 9.30. The van der Waals surface area contributed by atoms with Crippen LogP contribution in [0.3, 0.4) is 0 Å². The van der Waals surface area contributed by atoms with Gasteiger partial charge in [-0.05, 0) is 62.8 Å². The van der Waals surface area contributed by atoms with E-state index in [2.05, 4.69) is 47.7 Å². The SMILES string of the molecule is CC[n+]1nc2cc3c4c(c2c2cc(C)ccc21)CCCN4CCC3. The molecular formula is C21H24N3+. The van der Waals surface area contributed by atoms with Crippen LogP contribution in [0.4, 0.5) is 5.69 Å². The number of hydrogen-bond acceptors (Lipinski definition) is 2. The molecule has 0 N–H and O–H groups in total. The first-order chi connectivity index (χ1) is 11.8. The summed E-state index contributed by atoms with van der Waals surface area (Å²) >= 11 is 0. The second-order valence-corrected chi connectivity index (χ2v) is 7.29. The molecule has 0 saturated heterocycles. The summed E-state index contributed by atoms with van der Waals surface area (Å²) in [6.45, 7) is 7.73. The van der Waals surface area contributed by atoms with Crippen molar-refractivity contribution in [2.24, 2.45) is 0 Å². The Balaban J connectivity index is 1.98. The van der Waals surface area contributed by atoms with E-state index in [1.165, 1.54) is 71.7 Å². The quantitative estimate of drug-likeness (QED) is 0.503. The molecule has 3 nitrogen and oxygen atoms in total. The Labute approximate surface area is 142 Å². The highest BCUT2D eigenvalue weighted by Gasteiger charge is 2.28. The molecule has 0 radical (unpaired) electrons. The van der Waals surface area contributed by atoms with Crippen LogP contribution in [0.25, 0.3) is 21.8 Å². The molecule has 3 aromatic rings. The number of nitrogens with zero attached hydrogens (tertiary/aromatic N) is 3. The van der Waals surface area contributed by atoms with Gasteiger partial charge in [0.25, 0.3) is 0 Å². The first-order valence-electron chi connectivity index (χ1n) is 9.30. The largest absolute Gasteiger partial charge is 0.371 e. The monoisotopic (exact) mass is 318 g/mol. The van der Waals surface area contributed by atoms with Crippen LogP contribution in [0.15, 0.2) is 24.3 Å². The number of rotatable bonds is 1. The molecule has 3 heterocycles. The number of fused-ring (bicyclic) bond motifs is 4. The van der Waals surface area contributed by atoms with Crippen LogP contribution < -0.4 is 9.58 Å². The molecule has 0 unspecified atom stereocenters. The number of aromatic nitrogens is 2. The summed E-state index contributed by atoms with van der Waals surface area (Å²) < 4.78 is 2.17. The predicted octanol–water partition coefficient (Wildman–Crippen LogP) is 3.70. The minimum absolute atomic E-state index is 0.911. The van der Waals surface area contributed by atoms with Gasteiger partial charge in [0, 0.05) is 35.3 Å². The summed E-state index contributed by atoms with van der Waals surface area (Å²) in [4.78, 5) is 2.62. The Bertz CT molecular complexity index is 972. The Morgan fingerprint density at radius 1 is 1.12 bits per heavy atom. The molecule has 2 aromatic carbocycles. The minimum Gasteiger partial charge on any atom is -0.371 e.